The maximum absolute atomic E-state index is 10.9. The first-order chi connectivity index (χ1) is 6.02. The molecule has 0 bridgehead atoms. The van der Waals surface area contributed by atoms with E-state index in [2.05, 4.69) is 13.8 Å². The average molecular weight is 182 g/mol. The maximum Gasteiger partial charge on any atom is 0.155 e. The number of hydrogen-bond donors (Lipinski definition) is 1. The lowest BCUT2D eigenvalue weighted by atomic mass is 9.85. The summed E-state index contributed by atoms with van der Waals surface area (Å²) in [6.07, 6.45) is 6.05. The molecule has 74 valence electrons. The zero-order valence-electron chi connectivity index (χ0n) is 8.42. The van der Waals surface area contributed by atoms with E-state index in [0.29, 0.717) is 18.8 Å². The molecule has 2 heteroatoms. The van der Waals surface area contributed by atoms with Crippen molar-refractivity contribution in [2.45, 2.75) is 45.1 Å². The highest BCUT2D eigenvalue weighted by atomic mass is 16.3. The minimum Gasteiger partial charge on any atom is -0.386 e. The monoisotopic (exact) mass is 182 g/mol. The maximum atomic E-state index is 10.9. The number of carbonyl (C=O) groups excluding carboxylic acids is 1. The Morgan fingerprint density at radius 2 is 2.31 bits per heavy atom. The van der Waals surface area contributed by atoms with Crippen LogP contribution in [0.1, 0.15) is 39.5 Å². The molecular weight excluding hydrogens is 164 g/mol. The van der Waals surface area contributed by atoms with Gasteiger partial charge in [0, 0.05) is 6.42 Å². The average Bonchev–Trinajstić information content (AvgIpc) is 2.08. The van der Waals surface area contributed by atoms with Gasteiger partial charge in [0.05, 0.1) is 5.60 Å². The van der Waals surface area contributed by atoms with Crippen LogP contribution in [-0.4, -0.2) is 16.5 Å². The van der Waals surface area contributed by atoms with Gasteiger partial charge in [-0.05, 0) is 37.3 Å². The summed E-state index contributed by atoms with van der Waals surface area (Å²) in [4.78, 5) is 10.9. The van der Waals surface area contributed by atoms with Crippen molar-refractivity contribution < 1.29 is 9.90 Å². The molecule has 0 amide bonds. The van der Waals surface area contributed by atoms with E-state index >= 15 is 0 Å². The second-order valence-electron chi connectivity index (χ2n) is 4.34. The van der Waals surface area contributed by atoms with Gasteiger partial charge in [-0.15, -0.1) is 0 Å². The molecule has 1 aliphatic rings. The highest BCUT2D eigenvalue weighted by molar-refractivity contribution is 5.90. The van der Waals surface area contributed by atoms with E-state index in [-0.39, 0.29) is 5.78 Å². The molecule has 1 aliphatic carbocycles. The molecule has 0 radical (unpaired) electrons. The zero-order valence-corrected chi connectivity index (χ0v) is 8.42. The summed E-state index contributed by atoms with van der Waals surface area (Å²) in [7, 11) is 0. The van der Waals surface area contributed by atoms with E-state index in [1.807, 2.05) is 0 Å². The molecule has 0 aromatic carbocycles. The molecule has 0 spiro atoms. The van der Waals surface area contributed by atoms with Crippen molar-refractivity contribution >= 4 is 5.78 Å². The van der Waals surface area contributed by atoms with Crippen LogP contribution in [0.25, 0.3) is 0 Å². The molecule has 1 atom stereocenters. The molecule has 1 N–H and O–H groups in total. The van der Waals surface area contributed by atoms with Gasteiger partial charge in [0.2, 0.25) is 0 Å². The van der Waals surface area contributed by atoms with E-state index in [0.717, 1.165) is 12.8 Å². The van der Waals surface area contributed by atoms with Gasteiger partial charge in [0.15, 0.2) is 5.78 Å². The first kappa shape index (κ1) is 10.5. The van der Waals surface area contributed by atoms with Crippen LogP contribution in [0.3, 0.4) is 0 Å². The minimum atomic E-state index is -0.710. The molecular formula is C11H18O2. The summed E-state index contributed by atoms with van der Waals surface area (Å²) in [5.74, 6) is 0.740. The SMILES string of the molecule is CC(C)CC[C@@]1(O)C=CC(=O)CC1. The molecule has 0 fully saturated rings. The van der Waals surface area contributed by atoms with Crippen LogP contribution in [0.4, 0.5) is 0 Å². The Bertz CT molecular complexity index is 218. The summed E-state index contributed by atoms with van der Waals surface area (Å²) in [6, 6.07) is 0. The Labute approximate surface area is 79.6 Å². The molecule has 0 aromatic rings. The van der Waals surface area contributed by atoms with Crippen molar-refractivity contribution in [2.75, 3.05) is 0 Å². The fourth-order valence-corrected chi connectivity index (χ4v) is 1.50. The Morgan fingerprint density at radius 1 is 1.62 bits per heavy atom. The van der Waals surface area contributed by atoms with E-state index < -0.39 is 5.60 Å². The van der Waals surface area contributed by atoms with E-state index in [9.17, 15) is 9.90 Å². The van der Waals surface area contributed by atoms with Crippen molar-refractivity contribution in [3.8, 4) is 0 Å². The van der Waals surface area contributed by atoms with Crippen molar-refractivity contribution in [1.82, 2.24) is 0 Å². The summed E-state index contributed by atoms with van der Waals surface area (Å²) in [6.45, 7) is 4.28. The summed E-state index contributed by atoms with van der Waals surface area (Å²) >= 11 is 0. The van der Waals surface area contributed by atoms with Crippen LogP contribution in [0, 0.1) is 5.92 Å². The summed E-state index contributed by atoms with van der Waals surface area (Å²) < 4.78 is 0. The topological polar surface area (TPSA) is 37.3 Å². The lowest BCUT2D eigenvalue weighted by Gasteiger charge is -2.27. The van der Waals surface area contributed by atoms with Gasteiger partial charge >= 0.3 is 0 Å². The van der Waals surface area contributed by atoms with Crippen molar-refractivity contribution in [3.05, 3.63) is 12.2 Å². The molecule has 0 aliphatic heterocycles. The summed E-state index contributed by atoms with van der Waals surface area (Å²) in [5, 5.41) is 10.00. The molecule has 0 saturated heterocycles. The minimum absolute atomic E-state index is 0.134. The molecule has 2 nitrogen and oxygen atoms in total. The quantitative estimate of drug-likeness (QED) is 0.725. The number of ketones is 1. The van der Waals surface area contributed by atoms with E-state index in [1.165, 1.54) is 6.08 Å². The van der Waals surface area contributed by atoms with Gasteiger partial charge in [-0.2, -0.15) is 0 Å². The summed E-state index contributed by atoms with van der Waals surface area (Å²) in [5.41, 5.74) is -0.710. The third-order valence-corrected chi connectivity index (χ3v) is 2.54. The van der Waals surface area contributed by atoms with Crippen LogP contribution in [0.15, 0.2) is 12.2 Å². The molecule has 0 unspecified atom stereocenters. The number of carbonyl (C=O) groups is 1. The van der Waals surface area contributed by atoms with Gasteiger partial charge in [0.1, 0.15) is 0 Å². The Hall–Kier alpha value is -0.630. The van der Waals surface area contributed by atoms with E-state index in [1.54, 1.807) is 6.08 Å². The smallest absolute Gasteiger partial charge is 0.155 e. The van der Waals surface area contributed by atoms with Crippen molar-refractivity contribution in [1.29, 1.82) is 0 Å². The highest BCUT2D eigenvalue weighted by Gasteiger charge is 2.27. The van der Waals surface area contributed by atoms with Gasteiger partial charge < -0.3 is 5.11 Å². The molecule has 0 aromatic heterocycles. The van der Waals surface area contributed by atoms with Gasteiger partial charge in [-0.3, -0.25) is 4.79 Å². The number of rotatable bonds is 3. The Balaban J connectivity index is 2.47. The van der Waals surface area contributed by atoms with Gasteiger partial charge in [0.25, 0.3) is 0 Å². The number of aliphatic hydroxyl groups is 1. The van der Waals surface area contributed by atoms with Crippen LogP contribution >= 0.6 is 0 Å². The second kappa shape index (κ2) is 4.05. The predicted molar refractivity (Wildman–Crippen MR) is 52.4 cm³/mol. The highest BCUT2D eigenvalue weighted by Crippen LogP contribution is 2.26. The fourth-order valence-electron chi connectivity index (χ4n) is 1.50. The fraction of sp³-hybridized carbons (Fsp3) is 0.727. The Kier molecular flexibility index (Phi) is 3.26. The lowest BCUT2D eigenvalue weighted by molar-refractivity contribution is -0.116. The third-order valence-electron chi connectivity index (χ3n) is 2.54. The molecule has 0 saturated carbocycles. The largest absolute Gasteiger partial charge is 0.386 e. The van der Waals surface area contributed by atoms with Crippen LogP contribution in [0.2, 0.25) is 0 Å². The van der Waals surface area contributed by atoms with Gasteiger partial charge in [-0.25, -0.2) is 0 Å². The lowest BCUT2D eigenvalue weighted by Crippen LogP contribution is -2.30. The normalized spacial score (nSPS) is 28.5. The molecule has 0 heterocycles. The third kappa shape index (κ3) is 3.31. The number of hydrogen-bond acceptors (Lipinski definition) is 2. The Morgan fingerprint density at radius 3 is 2.77 bits per heavy atom. The van der Waals surface area contributed by atoms with Crippen molar-refractivity contribution in [3.63, 3.8) is 0 Å². The van der Waals surface area contributed by atoms with Crippen molar-refractivity contribution in [2.24, 2.45) is 5.92 Å². The molecule has 1 rings (SSSR count). The second-order valence-corrected chi connectivity index (χ2v) is 4.34. The number of allylic oxidation sites excluding steroid dienone is 1. The zero-order chi connectivity index (χ0) is 9.90. The first-order valence-electron chi connectivity index (χ1n) is 4.96. The van der Waals surface area contributed by atoms with Crippen LogP contribution < -0.4 is 0 Å². The van der Waals surface area contributed by atoms with E-state index in [4.69, 9.17) is 0 Å². The standard InChI is InChI=1S/C11H18O2/c1-9(2)3-6-11(13)7-4-10(12)5-8-11/h4,7,9,13H,3,5-6,8H2,1-2H3/t11-/m1/s1. The van der Waals surface area contributed by atoms with Crippen LogP contribution in [0.5, 0.6) is 0 Å². The first-order valence-corrected chi connectivity index (χ1v) is 4.96. The molecule has 13 heavy (non-hydrogen) atoms. The van der Waals surface area contributed by atoms with Gasteiger partial charge in [-0.1, -0.05) is 13.8 Å². The predicted octanol–water partition coefficient (Wildman–Crippen LogP) is 2.07. The van der Waals surface area contributed by atoms with Crippen LogP contribution in [-0.2, 0) is 4.79 Å².